The zero-order valence-electron chi connectivity index (χ0n) is 16.7. The SMILES string of the molecule is [B]C([B])(C#C)Oc1ccc2nc(NC(=O)c3ccc(C(=O)c4ccccc4)cc3)sc2c1. The molecule has 0 spiro atoms. The Morgan fingerprint density at radius 2 is 1.62 bits per heavy atom. The van der Waals surface area contributed by atoms with E-state index in [1.807, 2.05) is 6.07 Å². The van der Waals surface area contributed by atoms with Crippen LogP contribution in [0.3, 0.4) is 0 Å². The van der Waals surface area contributed by atoms with Crippen LogP contribution >= 0.6 is 11.3 Å². The fourth-order valence-electron chi connectivity index (χ4n) is 2.94. The van der Waals surface area contributed by atoms with Gasteiger partial charge in [-0.1, -0.05) is 59.7 Å². The van der Waals surface area contributed by atoms with Crippen LogP contribution in [0.4, 0.5) is 5.13 Å². The second-order valence-corrected chi connectivity index (χ2v) is 7.95. The third kappa shape index (κ3) is 4.74. The molecule has 0 saturated carbocycles. The quantitative estimate of drug-likeness (QED) is 0.286. The molecule has 1 aromatic heterocycles. The van der Waals surface area contributed by atoms with Gasteiger partial charge in [0.05, 0.1) is 15.6 Å². The molecule has 3 aromatic carbocycles. The number of ether oxygens (including phenoxy) is 1. The second-order valence-electron chi connectivity index (χ2n) is 6.91. The minimum Gasteiger partial charge on any atom is -0.495 e. The molecule has 1 heterocycles. The summed E-state index contributed by atoms with van der Waals surface area (Å²) in [4.78, 5) is 29.5. The van der Waals surface area contributed by atoms with Crippen molar-refractivity contribution in [3.63, 3.8) is 0 Å². The standard InChI is InChI=1S/C24H14B2N2O3S/c1-2-24(25,26)31-18-12-13-19-20(14-18)32-23(27-19)28-22(30)17-10-8-16(9-11-17)21(29)15-6-4-3-5-7-15/h1,3-14H,(H,27,28,30). The van der Waals surface area contributed by atoms with E-state index in [0.29, 0.717) is 33.1 Å². The highest BCUT2D eigenvalue weighted by Crippen LogP contribution is 2.30. The lowest BCUT2D eigenvalue weighted by Crippen LogP contribution is -2.35. The first-order valence-electron chi connectivity index (χ1n) is 9.51. The van der Waals surface area contributed by atoms with Gasteiger partial charge in [0.1, 0.15) is 21.4 Å². The number of carbonyl (C=O) groups excluding carboxylic acids is 2. The van der Waals surface area contributed by atoms with Crippen molar-refractivity contribution in [1.29, 1.82) is 0 Å². The predicted molar refractivity (Wildman–Crippen MR) is 128 cm³/mol. The van der Waals surface area contributed by atoms with Crippen LogP contribution in [0.5, 0.6) is 5.75 Å². The molecular formula is C24H14B2N2O3S. The van der Waals surface area contributed by atoms with Gasteiger partial charge in [-0.2, -0.15) is 0 Å². The number of hydrogen-bond donors (Lipinski definition) is 1. The summed E-state index contributed by atoms with van der Waals surface area (Å²) in [6, 6.07) is 20.5. The Labute approximate surface area is 191 Å². The van der Waals surface area contributed by atoms with Crippen LogP contribution in [0, 0.1) is 12.3 Å². The first-order valence-corrected chi connectivity index (χ1v) is 10.3. The number of nitrogens with zero attached hydrogens (tertiary/aromatic N) is 1. The lowest BCUT2D eigenvalue weighted by Gasteiger charge is -2.21. The number of fused-ring (bicyclic) bond motifs is 1. The van der Waals surface area contributed by atoms with Crippen LogP contribution in [-0.4, -0.2) is 37.8 Å². The maximum atomic E-state index is 12.6. The number of benzene rings is 3. The van der Waals surface area contributed by atoms with E-state index >= 15 is 0 Å². The predicted octanol–water partition coefficient (Wildman–Crippen LogP) is 3.78. The highest BCUT2D eigenvalue weighted by atomic mass is 32.1. The van der Waals surface area contributed by atoms with Gasteiger partial charge in [0.2, 0.25) is 0 Å². The molecule has 5 nitrogen and oxygen atoms in total. The smallest absolute Gasteiger partial charge is 0.257 e. The van der Waals surface area contributed by atoms with E-state index < -0.39 is 5.40 Å². The van der Waals surface area contributed by atoms with Gasteiger partial charge in [-0.05, 0) is 30.3 Å². The lowest BCUT2D eigenvalue weighted by molar-refractivity contribution is 0.102. The molecule has 0 aliphatic carbocycles. The summed E-state index contributed by atoms with van der Waals surface area (Å²) >= 11 is 1.26. The van der Waals surface area contributed by atoms with Crippen LogP contribution in [0.1, 0.15) is 26.3 Å². The van der Waals surface area contributed by atoms with Gasteiger partial charge in [0, 0.05) is 16.7 Å². The Kier molecular flexibility index (Phi) is 5.85. The molecule has 0 fully saturated rings. The van der Waals surface area contributed by atoms with E-state index in [9.17, 15) is 9.59 Å². The molecule has 4 radical (unpaired) electrons. The number of nitrogens with one attached hydrogen (secondary N) is 1. The third-order valence-electron chi connectivity index (χ3n) is 4.54. The molecule has 0 bridgehead atoms. The number of rotatable bonds is 6. The van der Waals surface area contributed by atoms with Gasteiger partial charge in [-0.15, -0.1) is 6.42 Å². The number of carbonyl (C=O) groups is 2. The van der Waals surface area contributed by atoms with Gasteiger partial charge in [0.25, 0.3) is 5.91 Å². The van der Waals surface area contributed by atoms with Crippen LogP contribution in [0.15, 0.2) is 72.8 Å². The zero-order valence-corrected chi connectivity index (χ0v) is 17.6. The third-order valence-corrected chi connectivity index (χ3v) is 5.47. The van der Waals surface area contributed by atoms with Gasteiger partial charge in [-0.25, -0.2) is 4.98 Å². The average Bonchev–Trinajstić information content (AvgIpc) is 3.20. The molecule has 8 heteroatoms. The van der Waals surface area contributed by atoms with E-state index in [1.54, 1.807) is 66.7 Å². The van der Waals surface area contributed by atoms with Crippen molar-refractivity contribution in [2.24, 2.45) is 0 Å². The first kappa shape index (κ1) is 21.4. The van der Waals surface area contributed by atoms with Crippen molar-refractivity contribution < 1.29 is 14.3 Å². The Bertz CT molecular complexity index is 1340. The van der Waals surface area contributed by atoms with Crippen molar-refractivity contribution in [3.8, 4) is 18.1 Å². The van der Waals surface area contributed by atoms with E-state index in [4.69, 9.17) is 26.9 Å². The Balaban J connectivity index is 1.47. The van der Waals surface area contributed by atoms with Crippen LogP contribution in [0.25, 0.3) is 10.2 Å². The molecule has 0 unspecified atom stereocenters. The van der Waals surface area contributed by atoms with E-state index in [-0.39, 0.29) is 11.7 Å². The molecule has 0 aliphatic rings. The maximum absolute atomic E-state index is 12.6. The van der Waals surface area contributed by atoms with E-state index in [1.165, 1.54) is 11.3 Å². The summed E-state index contributed by atoms with van der Waals surface area (Å²) in [5, 5.41) is 1.46. The molecular weight excluding hydrogens is 418 g/mol. The Morgan fingerprint density at radius 3 is 2.31 bits per heavy atom. The molecule has 32 heavy (non-hydrogen) atoms. The summed E-state index contributed by atoms with van der Waals surface area (Å²) in [7, 11) is 11.2. The molecule has 4 aromatic rings. The molecule has 1 N–H and O–H groups in total. The van der Waals surface area contributed by atoms with Crippen molar-refractivity contribution in [3.05, 3.63) is 89.5 Å². The Hall–Kier alpha value is -3.82. The molecule has 0 saturated heterocycles. The number of anilines is 1. The minimum absolute atomic E-state index is 0.106. The molecule has 0 atom stereocenters. The molecule has 150 valence electrons. The largest absolute Gasteiger partial charge is 0.495 e. The Morgan fingerprint density at radius 1 is 0.969 bits per heavy atom. The van der Waals surface area contributed by atoms with Crippen molar-refractivity contribution in [2.75, 3.05) is 5.32 Å². The minimum atomic E-state index is -1.72. The van der Waals surface area contributed by atoms with Gasteiger partial charge in [0.15, 0.2) is 10.9 Å². The number of thiazole rings is 1. The van der Waals surface area contributed by atoms with Crippen LogP contribution in [-0.2, 0) is 0 Å². The van der Waals surface area contributed by atoms with Crippen molar-refractivity contribution in [1.82, 2.24) is 4.98 Å². The van der Waals surface area contributed by atoms with Crippen LogP contribution < -0.4 is 10.1 Å². The first-order chi connectivity index (χ1) is 15.3. The van der Waals surface area contributed by atoms with Gasteiger partial charge in [-0.3, -0.25) is 14.9 Å². The number of aromatic nitrogens is 1. The summed E-state index contributed by atoms with van der Waals surface area (Å²) in [5.41, 5.74) is 2.17. The summed E-state index contributed by atoms with van der Waals surface area (Å²) in [6.07, 6.45) is 5.24. The number of ketones is 1. The fraction of sp³-hybridized carbons (Fsp3) is 0.0417. The maximum Gasteiger partial charge on any atom is 0.257 e. The normalized spacial score (nSPS) is 11.0. The lowest BCUT2D eigenvalue weighted by atomic mass is 9.66. The monoisotopic (exact) mass is 432 g/mol. The molecule has 0 aliphatic heterocycles. The highest BCUT2D eigenvalue weighted by molar-refractivity contribution is 7.22. The summed E-state index contributed by atoms with van der Waals surface area (Å²) < 4.78 is 6.12. The topological polar surface area (TPSA) is 68.3 Å². The number of amides is 1. The van der Waals surface area contributed by atoms with Crippen LogP contribution in [0.2, 0.25) is 0 Å². The van der Waals surface area contributed by atoms with Crippen molar-refractivity contribution in [2.45, 2.75) is 5.40 Å². The molecule has 4 rings (SSSR count). The molecule has 1 amide bonds. The zero-order chi connectivity index (χ0) is 22.7. The van der Waals surface area contributed by atoms with Gasteiger partial charge >= 0.3 is 0 Å². The van der Waals surface area contributed by atoms with Crippen molar-refractivity contribution >= 4 is 54.1 Å². The average molecular weight is 432 g/mol. The summed E-state index contributed by atoms with van der Waals surface area (Å²) in [5.74, 6) is 2.10. The fourth-order valence-corrected chi connectivity index (χ4v) is 3.83. The highest BCUT2D eigenvalue weighted by Gasteiger charge is 2.16. The summed E-state index contributed by atoms with van der Waals surface area (Å²) in [6.45, 7) is 0. The van der Waals surface area contributed by atoms with E-state index in [2.05, 4.69) is 16.2 Å². The van der Waals surface area contributed by atoms with E-state index in [0.717, 1.165) is 4.70 Å². The second kappa shape index (κ2) is 8.74. The van der Waals surface area contributed by atoms with Gasteiger partial charge < -0.3 is 4.74 Å². The number of terminal acetylenes is 1. The number of hydrogen-bond acceptors (Lipinski definition) is 5.